The summed E-state index contributed by atoms with van der Waals surface area (Å²) in [5.41, 5.74) is 0. The molecular formula is C20H36N2O2. The molecule has 0 amide bonds. The molecule has 1 atom stereocenters. The molecule has 0 bridgehead atoms. The Kier molecular flexibility index (Phi) is 18.8. The van der Waals surface area contributed by atoms with E-state index in [1.807, 2.05) is 0 Å². The number of rotatable bonds is 18. The van der Waals surface area contributed by atoms with Gasteiger partial charge >= 0.3 is 0 Å². The molecule has 0 rings (SSSR count). The van der Waals surface area contributed by atoms with E-state index >= 15 is 0 Å². The second-order valence-electron chi connectivity index (χ2n) is 6.67. The minimum absolute atomic E-state index is 0.202. The van der Waals surface area contributed by atoms with Gasteiger partial charge in [-0.25, -0.2) is 19.6 Å². The lowest BCUT2D eigenvalue weighted by Gasteiger charge is -2.10. The summed E-state index contributed by atoms with van der Waals surface area (Å²) >= 11 is 0. The van der Waals surface area contributed by atoms with Gasteiger partial charge < -0.3 is 0 Å². The molecule has 0 spiro atoms. The van der Waals surface area contributed by atoms with Gasteiger partial charge in [0.1, 0.15) is 0 Å². The van der Waals surface area contributed by atoms with Gasteiger partial charge in [0.2, 0.25) is 12.2 Å². The van der Waals surface area contributed by atoms with Crippen LogP contribution in [0.15, 0.2) is 9.98 Å². The summed E-state index contributed by atoms with van der Waals surface area (Å²) in [7, 11) is 0. The second kappa shape index (κ2) is 19.8. The normalized spacial score (nSPS) is 11.5. The van der Waals surface area contributed by atoms with Crippen molar-refractivity contribution < 1.29 is 9.59 Å². The van der Waals surface area contributed by atoms with E-state index in [9.17, 15) is 9.59 Å². The maximum atomic E-state index is 10.5. The van der Waals surface area contributed by atoms with Crippen LogP contribution in [0.25, 0.3) is 0 Å². The Balaban J connectivity index is 3.41. The van der Waals surface area contributed by atoms with Gasteiger partial charge in [-0.15, -0.1) is 0 Å². The van der Waals surface area contributed by atoms with E-state index in [4.69, 9.17) is 0 Å². The maximum Gasteiger partial charge on any atom is 0.235 e. The number of aliphatic imine (C=N–C) groups is 2. The van der Waals surface area contributed by atoms with Crippen molar-refractivity contribution in [3.63, 3.8) is 0 Å². The maximum absolute atomic E-state index is 10.5. The highest BCUT2D eigenvalue weighted by Crippen LogP contribution is 2.16. The van der Waals surface area contributed by atoms with Gasteiger partial charge in [-0.2, -0.15) is 0 Å². The fourth-order valence-electron chi connectivity index (χ4n) is 3.01. The van der Waals surface area contributed by atoms with Gasteiger partial charge in [0, 0.05) is 0 Å². The van der Waals surface area contributed by atoms with Crippen molar-refractivity contribution in [1.29, 1.82) is 0 Å². The van der Waals surface area contributed by atoms with Gasteiger partial charge in [0.05, 0.1) is 12.6 Å². The van der Waals surface area contributed by atoms with Crippen molar-refractivity contribution in [2.24, 2.45) is 9.98 Å². The first-order valence-electron chi connectivity index (χ1n) is 9.95. The van der Waals surface area contributed by atoms with E-state index in [-0.39, 0.29) is 6.04 Å². The van der Waals surface area contributed by atoms with Crippen molar-refractivity contribution in [3.05, 3.63) is 0 Å². The average molecular weight is 337 g/mol. The Morgan fingerprint density at radius 1 is 0.667 bits per heavy atom. The lowest BCUT2D eigenvalue weighted by molar-refractivity contribution is 0.480. The Morgan fingerprint density at radius 2 is 1.17 bits per heavy atom. The molecule has 0 heterocycles. The van der Waals surface area contributed by atoms with Crippen LogP contribution in [0, 0.1) is 0 Å². The van der Waals surface area contributed by atoms with Crippen LogP contribution in [0.2, 0.25) is 0 Å². The molecule has 4 heteroatoms. The number of unbranched alkanes of at least 4 members (excludes halogenated alkanes) is 11. The number of isocyanates is 2. The van der Waals surface area contributed by atoms with Crippen LogP contribution in [0.3, 0.4) is 0 Å². The highest BCUT2D eigenvalue weighted by atomic mass is 16.1. The first-order chi connectivity index (χ1) is 11.8. The Hall–Kier alpha value is -1.24. The van der Waals surface area contributed by atoms with Gasteiger partial charge in [0.15, 0.2) is 0 Å². The van der Waals surface area contributed by atoms with Crippen LogP contribution < -0.4 is 0 Å². The molecule has 0 aliphatic rings. The summed E-state index contributed by atoms with van der Waals surface area (Å²) < 4.78 is 0. The molecule has 4 nitrogen and oxygen atoms in total. The highest BCUT2D eigenvalue weighted by Gasteiger charge is 2.06. The molecule has 0 aromatic carbocycles. The van der Waals surface area contributed by atoms with Gasteiger partial charge in [-0.3, -0.25) is 0 Å². The Bertz CT molecular complexity index is 359. The molecule has 0 aromatic heterocycles. The Labute approximate surface area is 148 Å². The highest BCUT2D eigenvalue weighted by molar-refractivity contribution is 5.33. The molecule has 0 radical (unpaired) electrons. The number of hydrogen-bond acceptors (Lipinski definition) is 4. The predicted octanol–water partition coefficient (Wildman–Crippen LogP) is 5.90. The van der Waals surface area contributed by atoms with Crippen LogP contribution >= 0.6 is 0 Å². The smallest absolute Gasteiger partial charge is 0.211 e. The fraction of sp³-hybridized carbons (Fsp3) is 0.900. The zero-order valence-electron chi connectivity index (χ0n) is 15.6. The average Bonchev–Trinajstić information content (AvgIpc) is 2.59. The predicted molar refractivity (Wildman–Crippen MR) is 99.8 cm³/mol. The van der Waals surface area contributed by atoms with Crippen LogP contribution in [-0.4, -0.2) is 24.7 Å². The summed E-state index contributed by atoms with van der Waals surface area (Å²) in [4.78, 5) is 27.9. The monoisotopic (exact) mass is 336 g/mol. The van der Waals surface area contributed by atoms with E-state index in [1.54, 1.807) is 12.2 Å². The van der Waals surface area contributed by atoms with E-state index in [0.29, 0.717) is 6.54 Å². The molecule has 138 valence electrons. The molecule has 0 aromatic rings. The van der Waals surface area contributed by atoms with Crippen molar-refractivity contribution >= 4 is 12.2 Å². The van der Waals surface area contributed by atoms with E-state index in [0.717, 1.165) is 25.7 Å². The second-order valence-corrected chi connectivity index (χ2v) is 6.67. The summed E-state index contributed by atoms with van der Waals surface area (Å²) in [5.74, 6) is 0. The molecule has 1 unspecified atom stereocenters. The molecule has 0 fully saturated rings. The number of nitrogens with zero attached hydrogens (tertiary/aromatic N) is 2. The molecule has 0 saturated carbocycles. The summed E-state index contributed by atoms with van der Waals surface area (Å²) in [6, 6.07) is 0.202. The van der Waals surface area contributed by atoms with Gasteiger partial charge in [-0.1, -0.05) is 84.0 Å². The zero-order chi connectivity index (χ0) is 17.7. The minimum atomic E-state index is 0.202. The number of carbonyl (C=O) groups excluding carboxylic acids is 2. The van der Waals surface area contributed by atoms with E-state index < -0.39 is 0 Å². The number of hydrogen-bond donors (Lipinski definition) is 0. The van der Waals surface area contributed by atoms with Crippen LogP contribution in [0.5, 0.6) is 0 Å². The first kappa shape index (κ1) is 22.8. The quantitative estimate of drug-likeness (QED) is 0.178. The largest absolute Gasteiger partial charge is 0.235 e. The van der Waals surface area contributed by atoms with Crippen LogP contribution in [-0.2, 0) is 9.59 Å². The van der Waals surface area contributed by atoms with Crippen molar-refractivity contribution in [3.8, 4) is 0 Å². The topological polar surface area (TPSA) is 58.9 Å². The lowest BCUT2D eigenvalue weighted by atomic mass is 10.0. The van der Waals surface area contributed by atoms with Gasteiger partial charge in [0.25, 0.3) is 0 Å². The van der Waals surface area contributed by atoms with Crippen molar-refractivity contribution in [2.75, 3.05) is 6.54 Å². The third-order valence-electron chi connectivity index (χ3n) is 4.50. The SMILES string of the molecule is CCCCCCC(CCCCCCCCCCCN=C=O)N=C=O. The molecule has 0 aliphatic heterocycles. The van der Waals surface area contributed by atoms with E-state index in [1.165, 1.54) is 70.6 Å². The minimum Gasteiger partial charge on any atom is -0.211 e. The van der Waals surface area contributed by atoms with Crippen molar-refractivity contribution in [1.82, 2.24) is 0 Å². The molecule has 0 saturated heterocycles. The fourth-order valence-corrected chi connectivity index (χ4v) is 3.01. The molecular weight excluding hydrogens is 300 g/mol. The van der Waals surface area contributed by atoms with Gasteiger partial charge in [-0.05, 0) is 19.3 Å². The summed E-state index contributed by atoms with van der Waals surface area (Å²) in [6.45, 7) is 2.84. The Morgan fingerprint density at radius 3 is 1.67 bits per heavy atom. The molecule has 24 heavy (non-hydrogen) atoms. The summed E-state index contributed by atoms with van der Waals surface area (Å²) in [6.07, 6.45) is 21.3. The summed E-state index contributed by atoms with van der Waals surface area (Å²) in [5, 5.41) is 0. The third kappa shape index (κ3) is 17.1. The third-order valence-corrected chi connectivity index (χ3v) is 4.50. The van der Waals surface area contributed by atoms with E-state index in [2.05, 4.69) is 16.9 Å². The first-order valence-corrected chi connectivity index (χ1v) is 9.95. The van der Waals surface area contributed by atoms with Crippen LogP contribution in [0.1, 0.15) is 103 Å². The van der Waals surface area contributed by atoms with Crippen molar-refractivity contribution in [2.45, 2.75) is 109 Å². The molecule has 0 N–H and O–H groups in total. The lowest BCUT2D eigenvalue weighted by Crippen LogP contribution is -2.04. The molecule has 0 aliphatic carbocycles. The van der Waals surface area contributed by atoms with Crippen LogP contribution in [0.4, 0.5) is 0 Å². The standard InChI is InChI=1S/C20H36N2O2/c1-2-3-4-12-15-20(22-19-24)16-13-10-8-6-5-7-9-11-14-17-21-18-23/h20H,2-17H2,1H3. The zero-order valence-corrected chi connectivity index (χ0v) is 15.6.